The lowest BCUT2D eigenvalue weighted by atomic mass is 9.68. The fraction of sp³-hybridized carbons (Fsp3) is 0.567. The van der Waals surface area contributed by atoms with Gasteiger partial charge in [0, 0.05) is 30.6 Å². The van der Waals surface area contributed by atoms with Crippen molar-refractivity contribution >= 4 is 17.7 Å². The van der Waals surface area contributed by atoms with Crippen LogP contribution in [0.5, 0.6) is 0 Å². The molecule has 0 radical (unpaired) electrons. The SMILES string of the molecule is C=C(C)Cn1c(SCC(=O)N(CCCC)CCCC)nc2c(c1=O)C1(CCCC1)Cc1ccccc1-2. The van der Waals surface area contributed by atoms with Crippen molar-refractivity contribution in [1.29, 1.82) is 0 Å². The maximum Gasteiger partial charge on any atom is 0.258 e. The smallest absolute Gasteiger partial charge is 0.258 e. The second-order valence-electron chi connectivity index (χ2n) is 10.7. The molecule has 0 aliphatic heterocycles. The van der Waals surface area contributed by atoms with E-state index in [1.807, 2.05) is 17.9 Å². The van der Waals surface area contributed by atoms with E-state index in [-0.39, 0.29) is 16.9 Å². The van der Waals surface area contributed by atoms with E-state index in [1.165, 1.54) is 17.3 Å². The van der Waals surface area contributed by atoms with Gasteiger partial charge in [0.25, 0.3) is 5.56 Å². The molecular weight excluding hydrogens is 466 g/mol. The van der Waals surface area contributed by atoms with Crippen LogP contribution in [0.25, 0.3) is 11.3 Å². The van der Waals surface area contributed by atoms with Gasteiger partial charge in [0.05, 0.1) is 17.0 Å². The Labute approximate surface area is 220 Å². The minimum atomic E-state index is -0.124. The van der Waals surface area contributed by atoms with Gasteiger partial charge in [0.1, 0.15) is 0 Å². The molecule has 1 saturated carbocycles. The number of fused-ring (bicyclic) bond motifs is 4. The number of amides is 1. The molecule has 2 aliphatic carbocycles. The van der Waals surface area contributed by atoms with Gasteiger partial charge in [-0.3, -0.25) is 14.2 Å². The molecule has 0 atom stereocenters. The quantitative estimate of drug-likeness (QED) is 0.201. The van der Waals surface area contributed by atoms with E-state index < -0.39 is 0 Å². The van der Waals surface area contributed by atoms with Crippen LogP contribution in [-0.2, 0) is 23.2 Å². The maximum absolute atomic E-state index is 14.2. The van der Waals surface area contributed by atoms with Crippen LogP contribution < -0.4 is 5.56 Å². The lowest BCUT2D eigenvalue weighted by Gasteiger charge is -2.36. The highest BCUT2D eigenvalue weighted by molar-refractivity contribution is 7.99. The minimum Gasteiger partial charge on any atom is -0.342 e. The number of rotatable bonds is 11. The van der Waals surface area contributed by atoms with Crippen molar-refractivity contribution in [2.45, 2.75) is 95.7 Å². The number of nitrogens with zero attached hydrogens (tertiary/aromatic N) is 3. The topological polar surface area (TPSA) is 55.2 Å². The standard InChI is InChI=1S/C30H41N3O2S/c1-5-7-17-32(18-8-6-2)25(34)21-36-29-31-27-24-14-10-9-13-23(24)19-30(15-11-12-16-30)26(27)28(35)33(29)20-22(3)4/h9-10,13-14H,3,5-8,11-12,15-21H2,1-2,4H3. The molecule has 1 spiro atoms. The fourth-order valence-corrected chi connectivity index (χ4v) is 6.74. The summed E-state index contributed by atoms with van der Waals surface area (Å²) in [5.74, 6) is 0.421. The average molecular weight is 508 g/mol. The van der Waals surface area contributed by atoms with Crippen molar-refractivity contribution in [3.05, 3.63) is 57.9 Å². The lowest BCUT2D eigenvalue weighted by Crippen LogP contribution is -2.40. The molecule has 1 fully saturated rings. The highest BCUT2D eigenvalue weighted by Gasteiger charge is 2.44. The van der Waals surface area contributed by atoms with Crippen molar-refractivity contribution in [3.8, 4) is 11.3 Å². The van der Waals surface area contributed by atoms with E-state index in [1.54, 1.807) is 4.57 Å². The number of carbonyl (C=O) groups excluding carboxylic acids is 1. The molecular formula is C30H41N3O2S. The molecule has 1 aromatic heterocycles. The molecule has 0 N–H and O–H groups in total. The van der Waals surface area contributed by atoms with Crippen molar-refractivity contribution in [1.82, 2.24) is 14.5 Å². The van der Waals surface area contributed by atoms with Crippen molar-refractivity contribution in [3.63, 3.8) is 0 Å². The Bertz CT molecular complexity index is 1160. The molecule has 36 heavy (non-hydrogen) atoms. The summed E-state index contributed by atoms with van der Waals surface area (Å²) in [7, 11) is 0. The summed E-state index contributed by atoms with van der Waals surface area (Å²) in [5, 5.41) is 0.630. The van der Waals surface area contributed by atoms with Gasteiger partial charge in [0.2, 0.25) is 5.91 Å². The summed E-state index contributed by atoms with van der Waals surface area (Å²) < 4.78 is 1.79. The third-order valence-electron chi connectivity index (χ3n) is 7.70. The predicted molar refractivity (Wildman–Crippen MR) is 150 cm³/mol. The van der Waals surface area contributed by atoms with Gasteiger partial charge in [-0.15, -0.1) is 0 Å². The van der Waals surface area contributed by atoms with Crippen molar-refractivity contribution < 1.29 is 4.79 Å². The number of benzene rings is 1. The van der Waals surface area contributed by atoms with Crippen LogP contribution in [-0.4, -0.2) is 39.2 Å². The number of thioether (sulfide) groups is 1. The molecule has 6 heteroatoms. The van der Waals surface area contributed by atoms with E-state index in [4.69, 9.17) is 4.98 Å². The number of unbranched alkanes of at least 4 members (excludes halogenated alkanes) is 2. The zero-order chi connectivity index (χ0) is 25.7. The summed E-state index contributed by atoms with van der Waals surface area (Å²) in [6.45, 7) is 12.4. The third kappa shape index (κ3) is 5.49. The molecule has 4 rings (SSSR count). The van der Waals surface area contributed by atoms with Crippen LogP contribution in [0.1, 0.15) is 83.3 Å². The largest absolute Gasteiger partial charge is 0.342 e. The van der Waals surface area contributed by atoms with Gasteiger partial charge in [-0.05, 0) is 44.6 Å². The zero-order valence-corrected chi connectivity index (χ0v) is 23.1. The summed E-state index contributed by atoms with van der Waals surface area (Å²) in [4.78, 5) is 34.5. The number of aromatic nitrogens is 2. The van der Waals surface area contributed by atoms with Gasteiger partial charge in [-0.25, -0.2) is 4.98 Å². The normalized spacial score (nSPS) is 15.5. The lowest BCUT2D eigenvalue weighted by molar-refractivity contribution is -0.128. The van der Waals surface area contributed by atoms with Crippen LogP contribution in [0.4, 0.5) is 0 Å². The Balaban J connectivity index is 1.73. The highest BCUT2D eigenvalue weighted by Crippen LogP contribution is 2.50. The van der Waals surface area contributed by atoms with E-state index >= 15 is 0 Å². The van der Waals surface area contributed by atoms with Crippen LogP contribution >= 0.6 is 11.8 Å². The van der Waals surface area contributed by atoms with E-state index in [2.05, 4.69) is 38.6 Å². The summed E-state index contributed by atoms with van der Waals surface area (Å²) >= 11 is 1.40. The molecule has 1 heterocycles. The zero-order valence-electron chi connectivity index (χ0n) is 22.3. The number of carbonyl (C=O) groups is 1. The Morgan fingerprint density at radius 1 is 1.14 bits per heavy atom. The first-order valence-electron chi connectivity index (χ1n) is 13.7. The fourth-order valence-electron chi connectivity index (χ4n) is 5.84. The predicted octanol–water partition coefficient (Wildman–Crippen LogP) is 6.38. The molecule has 1 amide bonds. The molecule has 194 valence electrons. The van der Waals surface area contributed by atoms with Gasteiger partial charge >= 0.3 is 0 Å². The number of hydrogen-bond donors (Lipinski definition) is 0. The number of hydrogen-bond acceptors (Lipinski definition) is 4. The number of allylic oxidation sites excluding steroid dienone is 1. The maximum atomic E-state index is 14.2. The summed E-state index contributed by atoms with van der Waals surface area (Å²) in [5.41, 5.74) is 4.94. The molecule has 1 aromatic carbocycles. The molecule has 2 aromatic rings. The Kier molecular flexibility index (Phi) is 8.76. The molecule has 5 nitrogen and oxygen atoms in total. The van der Waals surface area contributed by atoms with Crippen LogP contribution in [0, 0.1) is 0 Å². The Morgan fingerprint density at radius 3 is 2.44 bits per heavy atom. The van der Waals surface area contributed by atoms with Crippen LogP contribution in [0.15, 0.2) is 46.4 Å². The second kappa shape index (κ2) is 11.8. The van der Waals surface area contributed by atoms with Crippen molar-refractivity contribution in [2.75, 3.05) is 18.8 Å². The molecule has 0 saturated heterocycles. The van der Waals surface area contributed by atoms with E-state index in [0.717, 1.165) is 93.3 Å². The minimum absolute atomic E-state index is 0.0585. The molecule has 0 unspecified atom stereocenters. The molecule has 0 bridgehead atoms. The van der Waals surface area contributed by atoms with Gasteiger partial charge in [0.15, 0.2) is 5.16 Å². The first-order valence-corrected chi connectivity index (χ1v) is 14.7. The van der Waals surface area contributed by atoms with Crippen molar-refractivity contribution in [2.24, 2.45) is 0 Å². The second-order valence-corrected chi connectivity index (χ2v) is 11.6. The van der Waals surface area contributed by atoms with Gasteiger partial charge in [-0.2, -0.15) is 0 Å². The van der Waals surface area contributed by atoms with E-state index in [0.29, 0.717) is 17.5 Å². The first-order chi connectivity index (χ1) is 17.4. The Hall–Kier alpha value is -2.34. The van der Waals surface area contributed by atoms with Gasteiger partial charge < -0.3 is 4.90 Å². The average Bonchev–Trinajstić information content (AvgIpc) is 3.32. The Morgan fingerprint density at radius 2 is 1.81 bits per heavy atom. The third-order valence-corrected chi connectivity index (χ3v) is 8.66. The highest BCUT2D eigenvalue weighted by atomic mass is 32.2. The summed E-state index contributed by atoms with van der Waals surface area (Å²) in [6, 6.07) is 8.41. The monoisotopic (exact) mass is 507 g/mol. The molecule has 2 aliphatic rings. The van der Waals surface area contributed by atoms with Gasteiger partial charge in [-0.1, -0.05) is 87.7 Å². The first kappa shape index (κ1) is 26.7. The van der Waals surface area contributed by atoms with Crippen LogP contribution in [0.3, 0.4) is 0 Å². The summed E-state index contributed by atoms with van der Waals surface area (Å²) in [6.07, 6.45) is 9.43. The van der Waals surface area contributed by atoms with Crippen LogP contribution in [0.2, 0.25) is 0 Å². The van der Waals surface area contributed by atoms with E-state index in [9.17, 15) is 9.59 Å².